The molecule has 148 valence electrons. The minimum atomic E-state index is -0.444. The van der Waals surface area contributed by atoms with Gasteiger partial charge in [0.25, 0.3) is 0 Å². The van der Waals surface area contributed by atoms with E-state index in [-0.39, 0.29) is 19.2 Å². The van der Waals surface area contributed by atoms with Crippen molar-refractivity contribution in [2.75, 3.05) is 26.0 Å². The second kappa shape index (κ2) is 8.79. The lowest BCUT2D eigenvalue weighted by Crippen LogP contribution is -2.44. The molecule has 2 N–H and O–H groups in total. The predicted octanol–water partition coefficient (Wildman–Crippen LogP) is 1.71. The summed E-state index contributed by atoms with van der Waals surface area (Å²) in [5, 5.41) is 14.4. The van der Waals surface area contributed by atoms with Gasteiger partial charge in [0, 0.05) is 24.1 Å². The van der Waals surface area contributed by atoms with Crippen molar-refractivity contribution in [3.63, 3.8) is 0 Å². The molecule has 0 fully saturated rings. The summed E-state index contributed by atoms with van der Waals surface area (Å²) < 4.78 is 12.2. The Labute approximate surface area is 166 Å². The third-order valence-corrected chi connectivity index (χ3v) is 5.13. The van der Waals surface area contributed by atoms with E-state index in [1.165, 1.54) is 11.8 Å². The zero-order chi connectivity index (χ0) is 20.1. The quantitative estimate of drug-likeness (QED) is 0.535. The minimum absolute atomic E-state index is 0.133. The van der Waals surface area contributed by atoms with Crippen LogP contribution in [0.5, 0.6) is 5.75 Å². The average molecular weight is 403 g/mol. The highest BCUT2D eigenvalue weighted by atomic mass is 32.2. The summed E-state index contributed by atoms with van der Waals surface area (Å²) in [6.07, 6.45) is 0. The standard InChI is InChI=1S/C18H21N5O4S/c1-4-27-16(24)13-9-19-17(25)20-14(13)10-28-18-22-21-15(23(18)2)11-6-5-7-12(8-11)26-3/h5-8H,4,9-10H2,1-3H3,(H2,19,20,25). The Hall–Kier alpha value is -3.01. The molecule has 9 nitrogen and oxygen atoms in total. The second-order valence-corrected chi connectivity index (χ2v) is 6.81. The van der Waals surface area contributed by atoms with Gasteiger partial charge in [-0.1, -0.05) is 23.9 Å². The maximum Gasteiger partial charge on any atom is 0.337 e. The van der Waals surface area contributed by atoms with Crippen LogP contribution in [0.1, 0.15) is 6.92 Å². The molecule has 0 aliphatic carbocycles. The van der Waals surface area contributed by atoms with E-state index < -0.39 is 5.97 Å². The SMILES string of the molecule is CCOC(=O)C1=C(CSc2nnc(-c3cccc(OC)c3)n2C)NC(=O)NC1. The number of benzene rings is 1. The molecule has 1 aliphatic rings. The number of esters is 1. The van der Waals surface area contributed by atoms with Gasteiger partial charge in [-0.15, -0.1) is 10.2 Å². The van der Waals surface area contributed by atoms with Gasteiger partial charge in [0.15, 0.2) is 11.0 Å². The van der Waals surface area contributed by atoms with E-state index in [0.29, 0.717) is 28.0 Å². The highest BCUT2D eigenvalue weighted by molar-refractivity contribution is 7.99. The van der Waals surface area contributed by atoms with E-state index in [9.17, 15) is 9.59 Å². The van der Waals surface area contributed by atoms with Gasteiger partial charge in [-0.25, -0.2) is 9.59 Å². The summed E-state index contributed by atoms with van der Waals surface area (Å²) >= 11 is 1.37. The number of rotatable bonds is 7. The van der Waals surface area contributed by atoms with Crippen LogP contribution in [0.3, 0.4) is 0 Å². The average Bonchev–Trinajstić information content (AvgIpc) is 3.07. The molecule has 2 aromatic rings. The smallest absolute Gasteiger partial charge is 0.337 e. The fourth-order valence-corrected chi connectivity index (χ4v) is 3.56. The highest BCUT2D eigenvalue weighted by Crippen LogP contribution is 2.26. The first kappa shape index (κ1) is 19.7. The third-order valence-electron chi connectivity index (χ3n) is 4.08. The molecule has 10 heteroatoms. The molecule has 1 aliphatic heterocycles. The third kappa shape index (κ3) is 4.28. The number of urea groups is 1. The first-order valence-corrected chi connectivity index (χ1v) is 9.62. The van der Waals surface area contributed by atoms with Crippen LogP contribution in [0.4, 0.5) is 4.79 Å². The van der Waals surface area contributed by atoms with Gasteiger partial charge < -0.3 is 24.7 Å². The molecule has 0 bridgehead atoms. The largest absolute Gasteiger partial charge is 0.497 e. The molecule has 0 radical (unpaired) electrons. The highest BCUT2D eigenvalue weighted by Gasteiger charge is 2.24. The monoisotopic (exact) mass is 403 g/mol. The molecule has 0 spiro atoms. The topological polar surface area (TPSA) is 107 Å². The summed E-state index contributed by atoms with van der Waals surface area (Å²) in [6.45, 7) is 2.14. The molecule has 1 aromatic carbocycles. The maximum atomic E-state index is 12.1. The zero-order valence-corrected chi connectivity index (χ0v) is 16.6. The Balaban J connectivity index is 1.79. The summed E-state index contributed by atoms with van der Waals surface area (Å²) in [5.74, 6) is 1.33. The van der Waals surface area contributed by atoms with E-state index in [1.54, 1.807) is 14.0 Å². The Morgan fingerprint density at radius 2 is 2.18 bits per heavy atom. The molecule has 2 amide bonds. The molecule has 3 rings (SSSR count). The number of nitrogens with zero attached hydrogens (tertiary/aromatic N) is 3. The molecule has 0 saturated carbocycles. The molecule has 0 unspecified atom stereocenters. The Morgan fingerprint density at radius 3 is 2.93 bits per heavy atom. The number of nitrogens with one attached hydrogen (secondary N) is 2. The van der Waals surface area contributed by atoms with Crippen LogP contribution in [-0.2, 0) is 16.6 Å². The fraction of sp³-hybridized carbons (Fsp3) is 0.333. The van der Waals surface area contributed by atoms with Gasteiger partial charge in [0.1, 0.15) is 5.75 Å². The van der Waals surface area contributed by atoms with E-state index in [4.69, 9.17) is 9.47 Å². The predicted molar refractivity (Wildman–Crippen MR) is 104 cm³/mol. The summed E-state index contributed by atoms with van der Waals surface area (Å²) in [6, 6.07) is 7.20. The number of hydrogen-bond donors (Lipinski definition) is 2. The lowest BCUT2D eigenvalue weighted by Gasteiger charge is -2.20. The number of carbonyl (C=O) groups is 2. The van der Waals surface area contributed by atoms with Crippen LogP contribution >= 0.6 is 11.8 Å². The van der Waals surface area contributed by atoms with Crippen LogP contribution in [0.25, 0.3) is 11.4 Å². The van der Waals surface area contributed by atoms with Gasteiger partial charge in [0.2, 0.25) is 0 Å². The van der Waals surface area contributed by atoms with Gasteiger partial charge in [-0.2, -0.15) is 0 Å². The number of aromatic nitrogens is 3. The van der Waals surface area contributed by atoms with E-state index in [2.05, 4.69) is 20.8 Å². The zero-order valence-electron chi connectivity index (χ0n) is 15.8. The van der Waals surface area contributed by atoms with Gasteiger partial charge in [-0.05, 0) is 19.1 Å². The Bertz CT molecular complexity index is 924. The van der Waals surface area contributed by atoms with Crippen molar-refractivity contribution in [2.24, 2.45) is 7.05 Å². The lowest BCUT2D eigenvalue weighted by molar-refractivity contribution is -0.138. The lowest BCUT2D eigenvalue weighted by atomic mass is 10.2. The molecule has 28 heavy (non-hydrogen) atoms. The number of amides is 2. The normalized spacial score (nSPS) is 13.8. The number of thioether (sulfide) groups is 1. The fourth-order valence-electron chi connectivity index (χ4n) is 2.66. The molecule has 0 atom stereocenters. The Morgan fingerprint density at radius 1 is 1.36 bits per heavy atom. The van der Waals surface area contributed by atoms with Crippen molar-refractivity contribution >= 4 is 23.8 Å². The van der Waals surface area contributed by atoms with Gasteiger partial charge in [-0.3, -0.25) is 0 Å². The van der Waals surface area contributed by atoms with Gasteiger partial charge >= 0.3 is 12.0 Å². The van der Waals surface area contributed by atoms with Crippen LogP contribution < -0.4 is 15.4 Å². The minimum Gasteiger partial charge on any atom is -0.497 e. The number of carbonyl (C=O) groups excluding carboxylic acids is 2. The Kier molecular flexibility index (Phi) is 6.19. The number of ether oxygens (including phenoxy) is 2. The summed E-state index contributed by atoms with van der Waals surface area (Å²) in [7, 11) is 3.47. The van der Waals surface area contributed by atoms with Crippen LogP contribution in [0.2, 0.25) is 0 Å². The van der Waals surface area contributed by atoms with Crippen molar-refractivity contribution in [2.45, 2.75) is 12.1 Å². The molecular formula is C18H21N5O4S. The van der Waals surface area contributed by atoms with Crippen molar-refractivity contribution in [3.05, 3.63) is 35.5 Å². The van der Waals surface area contributed by atoms with Crippen molar-refractivity contribution in [1.82, 2.24) is 25.4 Å². The van der Waals surface area contributed by atoms with Gasteiger partial charge in [0.05, 0.1) is 25.8 Å². The second-order valence-electron chi connectivity index (χ2n) is 5.87. The van der Waals surface area contributed by atoms with Crippen LogP contribution in [-0.4, -0.2) is 52.8 Å². The first-order chi connectivity index (χ1) is 13.5. The molecule has 1 aromatic heterocycles. The van der Waals surface area contributed by atoms with E-state index >= 15 is 0 Å². The maximum absolute atomic E-state index is 12.1. The van der Waals surface area contributed by atoms with Crippen molar-refractivity contribution < 1.29 is 19.1 Å². The van der Waals surface area contributed by atoms with E-state index in [0.717, 1.165) is 11.3 Å². The van der Waals surface area contributed by atoms with Crippen molar-refractivity contribution in [1.29, 1.82) is 0 Å². The van der Waals surface area contributed by atoms with Crippen LogP contribution in [0, 0.1) is 0 Å². The molecule has 2 heterocycles. The van der Waals surface area contributed by atoms with Crippen LogP contribution in [0.15, 0.2) is 40.7 Å². The first-order valence-electron chi connectivity index (χ1n) is 8.64. The summed E-state index contributed by atoms with van der Waals surface area (Å²) in [4.78, 5) is 23.8. The van der Waals surface area contributed by atoms with E-state index in [1.807, 2.05) is 35.9 Å². The molecule has 0 saturated heterocycles. The number of hydrogen-bond acceptors (Lipinski definition) is 7. The summed E-state index contributed by atoms with van der Waals surface area (Å²) in [5.41, 5.74) is 1.80. The number of methoxy groups -OCH3 is 1. The van der Waals surface area contributed by atoms with Crippen molar-refractivity contribution in [3.8, 4) is 17.1 Å². The molecular weight excluding hydrogens is 382 g/mol.